The number of carbonyl (C=O) groups is 1. The van der Waals surface area contributed by atoms with Gasteiger partial charge in [-0.15, -0.1) is 0 Å². The van der Waals surface area contributed by atoms with Gasteiger partial charge in [0.15, 0.2) is 0 Å². The third kappa shape index (κ3) is 3.23. The van der Waals surface area contributed by atoms with Crippen LogP contribution in [0, 0.1) is 0 Å². The standard InChI is InChI=1S/C11H11N5O/c12-8-2-3-9(15-7-8)6-10(17)16-11-13-4-1-5-14-11/h1-5,7H,6,12H2,(H,13,14,16,17). The van der Waals surface area contributed by atoms with Crippen molar-refractivity contribution in [2.45, 2.75) is 6.42 Å². The second-order valence-electron chi connectivity index (χ2n) is 3.38. The van der Waals surface area contributed by atoms with Gasteiger partial charge in [0.05, 0.1) is 18.3 Å². The Morgan fingerprint density at radius 2 is 2.00 bits per heavy atom. The molecular formula is C11H11N5O. The van der Waals surface area contributed by atoms with Gasteiger partial charge in [-0.2, -0.15) is 0 Å². The van der Waals surface area contributed by atoms with Crippen LogP contribution in [0.2, 0.25) is 0 Å². The maximum absolute atomic E-state index is 11.6. The average molecular weight is 229 g/mol. The van der Waals surface area contributed by atoms with Gasteiger partial charge in [0.25, 0.3) is 0 Å². The molecule has 0 fully saturated rings. The van der Waals surface area contributed by atoms with Crippen LogP contribution in [-0.2, 0) is 11.2 Å². The Balaban J connectivity index is 1.96. The lowest BCUT2D eigenvalue weighted by Crippen LogP contribution is -2.16. The van der Waals surface area contributed by atoms with Crippen molar-refractivity contribution < 1.29 is 4.79 Å². The van der Waals surface area contributed by atoms with E-state index < -0.39 is 0 Å². The monoisotopic (exact) mass is 229 g/mol. The van der Waals surface area contributed by atoms with Crippen molar-refractivity contribution in [3.05, 3.63) is 42.5 Å². The van der Waals surface area contributed by atoms with Crippen LogP contribution in [0.4, 0.5) is 11.6 Å². The van der Waals surface area contributed by atoms with E-state index in [4.69, 9.17) is 5.73 Å². The van der Waals surface area contributed by atoms with Gasteiger partial charge in [-0.3, -0.25) is 15.1 Å². The van der Waals surface area contributed by atoms with Crippen LogP contribution in [-0.4, -0.2) is 20.9 Å². The number of aromatic nitrogens is 3. The van der Waals surface area contributed by atoms with Crippen LogP contribution in [0.3, 0.4) is 0 Å². The first-order valence-electron chi connectivity index (χ1n) is 5.01. The SMILES string of the molecule is Nc1ccc(CC(=O)Nc2ncccn2)nc1. The molecule has 6 heteroatoms. The Hall–Kier alpha value is -2.50. The normalized spacial score (nSPS) is 9.88. The van der Waals surface area contributed by atoms with Crippen LogP contribution < -0.4 is 11.1 Å². The summed E-state index contributed by atoms with van der Waals surface area (Å²) in [4.78, 5) is 23.4. The second kappa shape index (κ2) is 5.02. The molecule has 0 spiro atoms. The van der Waals surface area contributed by atoms with E-state index >= 15 is 0 Å². The van der Waals surface area contributed by atoms with Crippen molar-refractivity contribution in [2.24, 2.45) is 0 Å². The summed E-state index contributed by atoms with van der Waals surface area (Å²) in [6, 6.07) is 5.09. The highest BCUT2D eigenvalue weighted by Gasteiger charge is 2.05. The summed E-state index contributed by atoms with van der Waals surface area (Å²) in [5, 5.41) is 2.57. The zero-order valence-corrected chi connectivity index (χ0v) is 9.00. The van der Waals surface area contributed by atoms with E-state index in [2.05, 4.69) is 20.3 Å². The predicted molar refractivity (Wildman–Crippen MR) is 63.0 cm³/mol. The van der Waals surface area contributed by atoms with Gasteiger partial charge < -0.3 is 5.73 Å². The van der Waals surface area contributed by atoms with Crippen molar-refractivity contribution in [1.29, 1.82) is 0 Å². The molecular weight excluding hydrogens is 218 g/mol. The quantitative estimate of drug-likeness (QED) is 0.805. The average Bonchev–Trinajstić information content (AvgIpc) is 2.33. The van der Waals surface area contributed by atoms with E-state index in [1.165, 1.54) is 6.20 Å². The minimum atomic E-state index is -0.214. The van der Waals surface area contributed by atoms with Crippen LogP contribution in [0.25, 0.3) is 0 Å². The third-order valence-corrected chi connectivity index (χ3v) is 2.01. The maximum Gasteiger partial charge on any atom is 0.232 e. The highest BCUT2D eigenvalue weighted by Crippen LogP contribution is 2.03. The fourth-order valence-electron chi connectivity index (χ4n) is 1.24. The summed E-state index contributed by atoms with van der Waals surface area (Å²) in [6.45, 7) is 0. The highest BCUT2D eigenvalue weighted by atomic mass is 16.1. The number of nitrogen functional groups attached to an aromatic ring is 1. The van der Waals surface area contributed by atoms with Crippen LogP contribution in [0.1, 0.15) is 5.69 Å². The molecule has 0 aliphatic carbocycles. The molecule has 0 saturated heterocycles. The summed E-state index contributed by atoms with van der Waals surface area (Å²) >= 11 is 0. The number of hydrogen-bond acceptors (Lipinski definition) is 5. The molecule has 2 aromatic heterocycles. The number of nitrogens with zero attached hydrogens (tertiary/aromatic N) is 3. The first kappa shape index (κ1) is 11.0. The lowest BCUT2D eigenvalue weighted by Gasteiger charge is -2.02. The summed E-state index contributed by atoms with van der Waals surface area (Å²) < 4.78 is 0. The van der Waals surface area contributed by atoms with E-state index in [1.807, 2.05) is 0 Å². The molecule has 0 aliphatic rings. The zero-order chi connectivity index (χ0) is 12.1. The number of rotatable bonds is 3. The van der Waals surface area contributed by atoms with E-state index in [0.717, 1.165) is 0 Å². The molecule has 0 unspecified atom stereocenters. The van der Waals surface area contributed by atoms with Crippen molar-refractivity contribution in [3.8, 4) is 0 Å². The molecule has 2 aromatic rings. The summed E-state index contributed by atoms with van der Waals surface area (Å²) in [7, 11) is 0. The molecule has 86 valence electrons. The number of nitrogens with two attached hydrogens (primary N) is 1. The summed E-state index contributed by atoms with van der Waals surface area (Å²) in [5.74, 6) is 0.0708. The number of amides is 1. The first-order valence-corrected chi connectivity index (χ1v) is 5.01. The van der Waals surface area contributed by atoms with Crippen molar-refractivity contribution in [2.75, 3.05) is 11.1 Å². The molecule has 0 bridgehead atoms. The van der Waals surface area contributed by atoms with Gasteiger partial charge in [-0.25, -0.2) is 9.97 Å². The van der Waals surface area contributed by atoms with Gasteiger partial charge in [0.2, 0.25) is 11.9 Å². The minimum absolute atomic E-state index is 0.165. The van der Waals surface area contributed by atoms with Crippen molar-refractivity contribution >= 4 is 17.5 Å². The van der Waals surface area contributed by atoms with Gasteiger partial charge in [0, 0.05) is 18.1 Å². The van der Waals surface area contributed by atoms with Gasteiger partial charge in [-0.05, 0) is 18.2 Å². The number of hydrogen-bond donors (Lipinski definition) is 2. The lowest BCUT2D eigenvalue weighted by molar-refractivity contribution is -0.115. The Morgan fingerprint density at radius 3 is 2.65 bits per heavy atom. The first-order chi connectivity index (χ1) is 8.24. The highest BCUT2D eigenvalue weighted by molar-refractivity contribution is 5.90. The third-order valence-electron chi connectivity index (χ3n) is 2.01. The minimum Gasteiger partial charge on any atom is -0.397 e. The molecule has 1 amide bonds. The van der Waals surface area contributed by atoms with Gasteiger partial charge in [0.1, 0.15) is 0 Å². The van der Waals surface area contributed by atoms with E-state index in [9.17, 15) is 4.79 Å². The Kier molecular flexibility index (Phi) is 3.25. The molecule has 2 heterocycles. The molecule has 0 aliphatic heterocycles. The summed E-state index contributed by atoms with van der Waals surface area (Å²) in [6.07, 6.45) is 4.80. The Morgan fingerprint density at radius 1 is 1.24 bits per heavy atom. The smallest absolute Gasteiger partial charge is 0.232 e. The fraction of sp³-hybridized carbons (Fsp3) is 0.0909. The molecule has 0 radical (unpaired) electrons. The van der Waals surface area contributed by atoms with Crippen LogP contribution in [0.15, 0.2) is 36.8 Å². The molecule has 0 saturated carbocycles. The lowest BCUT2D eigenvalue weighted by atomic mass is 10.2. The Bertz CT molecular complexity index is 497. The van der Waals surface area contributed by atoms with Crippen LogP contribution >= 0.6 is 0 Å². The molecule has 6 nitrogen and oxygen atoms in total. The molecule has 0 aromatic carbocycles. The van der Waals surface area contributed by atoms with Crippen LogP contribution in [0.5, 0.6) is 0 Å². The maximum atomic E-state index is 11.6. The second-order valence-corrected chi connectivity index (χ2v) is 3.38. The van der Waals surface area contributed by atoms with E-state index in [0.29, 0.717) is 11.4 Å². The fourth-order valence-corrected chi connectivity index (χ4v) is 1.24. The predicted octanol–water partition coefficient (Wildman–Crippen LogP) is 0.635. The van der Waals surface area contributed by atoms with Crippen molar-refractivity contribution in [3.63, 3.8) is 0 Å². The van der Waals surface area contributed by atoms with E-state index in [-0.39, 0.29) is 18.3 Å². The molecule has 17 heavy (non-hydrogen) atoms. The largest absolute Gasteiger partial charge is 0.397 e. The van der Waals surface area contributed by atoms with Gasteiger partial charge >= 0.3 is 0 Å². The molecule has 2 rings (SSSR count). The number of anilines is 2. The van der Waals surface area contributed by atoms with Gasteiger partial charge in [-0.1, -0.05) is 0 Å². The Labute approximate surface area is 97.9 Å². The topological polar surface area (TPSA) is 93.8 Å². The molecule has 0 atom stereocenters. The van der Waals surface area contributed by atoms with E-state index in [1.54, 1.807) is 30.6 Å². The van der Waals surface area contributed by atoms with Crippen molar-refractivity contribution in [1.82, 2.24) is 15.0 Å². The number of carbonyl (C=O) groups excluding carboxylic acids is 1. The zero-order valence-electron chi connectivity index (χ0n) is 9.00. The molecule has 3 N–H and O–H groups in total. The number of nitrogens with one attached hydrogen (secondary N) is 1. The summed E-state index contributed by atoms with van der Waals surface area (Å²) in [5.41, 5.74) is 6.71. The number of pyridine rings is 1.